The Balaban J connectivity index is 1.67. The van der Waals surface area contributed by atoms with Crippen LogP contribution >= 0.6 is 0 Å². The maximum atomic E-state index is 2.44. The summed E-state index contributed by atoms with van der Waals surface area (Å²) >= 11 is 0. The Morgan fingerprint density at radius 1 is 0.750 bits per heavy atom. The summed E-state index contributed by atoms with van der Waals surface area (Å²) in [6, 6.07) is 0. The molecule has 0 saturated heterocycles. The minimum Gasteiger partial charge on any atom is -0.0917 e. The lowest BCUT2D eigenvalue weighted by molar-refractivity contribution is 0.153. The van der Waals surface area contributed by atoms with Crippen molar-refractivity contribution >= 4 is 0 Å². The van der Waals surface area contributed by atoms with Crippen molar-refractivity contribution in [1.82, 2.24) is 0 Å². The lowest BCUT2D eigenvalue weighted by Gasteiger charge is -2.37. The maximum absolute atomic E-state index is 2.44. The van der Waals surface area contributed by atoms with Gasteiger partial charge in [-0.15, -0.1) is 0 Å². The van der Waals surface area contributed by atoms with Crippen LogP contribution in [0.2, 0.25) is 0 Å². The normalized spacial score (nSPS) is 35.9. The van der Waals surface area contributed by atoms with E-state index >= 15 is 0 Å². The van der Waals surface area contributed by atoms with E-state index in [0.29, 0.717) is 0 Å². The second-order valence-electron chi connectivity index (χ2n) is 7.13. The molecule has 0 spiro atoms. The van der Waals surface area contributed by atoms with Crippen LogP contribution in [0.15, 0.2) is 24.3 Å². The lowest BCUT2D eigenvalue weighted by Crippen LogP contribution is -2.25. The SMILES string of the molecule is CC=CCCC1CCC(C2CCC(C=CC)CC2)CC1. The zero-order chi connectivity index (χ0) is 14.2. The van der Waals surface area contributed by atoms with Gasteiger partial charge in [0.15, 0.2) is 0 Å². The molecule has 0 aromatic heterocycles. The van der Waals surface area contributed by atoms with Crippen LogP contribution in [0.25, 0.3) is 0 Å². The first-order valence-electron chi connectivity index (χ1n) is 9.07. The first kappa shape index (κ1) is 15.9. The Morgan fingerprint density at radius 2 is 1.35 bits per heavy atom. The third-order valence-corrected chi connectivity index (χ3v) is 5.82. The highest BCUT2D eigenvalue weighted by molar-refractivity contribution is 4.91. The highest BCUT2D eigenvalue weighted by Crippen LogP contribution is 2.42. The van der Waals surface area contributed by atoms with Gasteiger partial charge in [-0.3, -0.25) is 0 Å². The fraction of sp³-hybridized carbons (Fsp3) is 0.800. The molecule has 0 aliphatic heterocycles. The summed E-state index contributed by atoms with van der Waals surface area (Å²) in [7, 11) is 0. The minimum atomic E-state index is 0.897. The Hall–Kier alpha value is -0.520. The Labute approximate surface area is 126 Å². The van der Waals surface area contributed by atoms with Crippen molar-refractivity contribution in [2.75, 3.05) is 0 Å². The van der Waals surface area contributed by atoms with Gasteiger partial charge < -0.3 is 0 Å². The summed E-state index contributed by atoms with van der Waals surface area (Å²) in [5.74, 6) is 4.06. The van der Waals surface area contributed by atoms with E-state index in [2.05, 4.69) is 38.2 Å². The molecule has 0 amide bonds. The van der Waals surface area contributed by atoms with Crippen LogP contribution in [0.3, 0.4) is 0 Å². The number of hydrogen-bond acceptors (Lipinski definition) is 0. The third kappa shape index (κ3) is 4.79. The molecule has 0 aromatic carbocycles. The molecule has 2 fully saturated rings. The van der Waals surface area contributed by atoms with Crippen molar-refractivity contribution in [3.05, 3.63) is 24.3 Å². The molecule has 2 aliphatic rings. The van der Waals surface area contributed by atoms with Crippen LogP contribution in [-0.4, -0.2) is 0 Å². The van der Waals surface area contributed by atoms with E-state index in [1.54, 1.807) is 0 Å². The Kier molecular flexibility index (Phi) is 6.90. The van der Waals surface area contributed by atoms with E-state index in [4.69, 9.17) is 0 Å². The monoisotopic (exact) mass is 274 g/mol. The molecule has 0 unspecified atom stereocenters. The van der Waals surface area contributed by atoms with Gasteiger partial charge in [-0.2, -0.15) is 0 Å². The number of rotatable bonds is 5. The second-order valence-corrected chi connectivity index (χ2v) is 7.13. The molecule has 2 rings (SSSR count). The van der Waals surface area contributed by atoms with Gasteiger partial charge in [-0.1, -0.05) is 37.1 Å². The average molecular weight is 274 g/mol. The highest BCUT2D eigenvalue weighted by atomic mass is 14.3. The molecule has 0 heteroatoms. The van der Waals surface area contributed by atoms with Crippen molar-refractivity contribution in [2.45, 2.75) is 78.1 Å². The second kappa shape index (κ2) is 8.70. The fourth-order valence-electron chi connectivity index (χ4n) is 4.53. The van der Waals surface area contributed by atoms with E-state index in [9.17, 15) is 0 Å². The van der Waals surface area contributed by atoms with Gasteiger partial charge in [0, 0.05) is 0 Å². The summed E-state index contributed by atoms with van der Waals surface area (Å²) in [4.78, 5) is 0. The van der Waals surface area contributed by atoms with Crippen LogP contribution in [0, 0.1) is 23.7 Å². The summed E-state index contributed by atoms with van der Waals surface area (Å²) < 4.78 is 0. The third-order valence-electron chi connectivity index (χ3n) is 5.82. The van der Waals surface area contributed by atoms with E-state index in [1.165, 1.54) is 64.2 Å². The summed E-state index contributed by atoms with van der Waals surface area (Å²) in [5.41, 5.74) is 0. The molecule has 0 N–H and O–H groups in total. The van der Waals surface area contributed by atoms with Gasteiger partial charge >= 0.3 is 0 Å². The van der Waals surface area contributed by atoms with E-state index < -0.39 is 0 Å². The Morgan fingerprint density at radius 3 is 1.90 bits per heavy atom. The topological polar surface area (TPSA) is 0 Å². The molecule has 2 saturated carbocycles. The van der Waals surface area contributed by atoms with Gasteiger partial charge in [0.1, 0.15) is 0 Å². The molecular weight excluding hydrogens is 240 g/mol. The first-order chi connectivity index (χ1) is 9.83. The summed E-state index contributed by atoms with van der Waals surface area (Å²) in [5, 5.41) is 0. The number of allylic oxidation sites excluding steroid dienone is 4. The Bertz CT molecular complexity index is 296. The highest BCUT2D eigenvalue weighted by Gasteiger charge is 2.29. The molecule has 0 heterocycles. The maximum Gasteiger partial charge on any atom is -0.0233 e. The van der Waals surface area contributed by atoms with Crippen molar-refractivity contribution in [2.24, 2.45) is 23.7 Å². The van der Waals surface area contributed by atoms with E-state index in [1.807, 2.05) is 0 Å². The van der Waals surface area contributed by atoms with Gasteiger partial charge in [0.2, 0.25) is 0 Å². The van der Waals surface area contributed by atoms with Crippen molar-refractivity contribution < 1.29 is 0 Å². The van der Waals surface area contributed by atoms with E-state index in [-0.39, 0.29) is 0 Å². The van der Waals surface area contributed by atoms with Gasteiger partial charge in [0.05, 0.1) is 0 Å². The fourth-order valence-corrected chi connectivity index (χ4v) is 4.53. The van der Waals surface area contributed by atoms with Crippen molar-refractivity contribution in [3.63, 3.8) is 0 Å². The smallest absolute Gasteiger partial charge is 0.0233 e. The van der Waals surface area contributed by atoms with Crippen LogP contribution in [0.4, 0.5) is 0 Å². The zero-order valence-corrected chi connectivity index (χ0v) is 13.7. The molecule has 0 bridgehead atoms. The van der Waals surface area contributed by atoms with Crippen molar-refractivity contribution in [3.8, 4) is 0 Å². The standard InChI is InChI=1S/C20H34/c1-3-5-6-8-18-11-15-20(16-12-18)19-13-9-17(7-4-2)10-14-19/h3-5,7,17-20H,6,8-16H2,1-2H3. The molecule has 114 valence electrons. The molecular formula is C20H34. The molecule has 0 aromatic rings. The number of hydrogen-bond donors (Lipinski definition) is 0. The van der Waals surface area contributed by atoms with E-state index in [0.717, 1.165) is 23.7 Å². The molecule has 0 radical (unpaired) electrons. The van der Waals surface area contributed by atoms with Crippen LogP contribution < -0.4 is 0 Å². The largest absolute Gasteiger partial charge is 0.0917 e. The minimum absolute atomic E-state index is 0.897. The predicted octanol–water partition coefficient (Wildman–Crippen LogP) is 6.53. The van der Waals surface area contributed by atoms with Crippen molar-refractivity contribution in [1.29, 1.82) is 0 Å². The lowest BCUT2D eigenvalue weighted by atomic mass is 9.68. The molecule has 2 aliphatic carbocycles. The van der Waals surface area contributed by atoms with Crippen LogP contribution in [-0.2, 0) is 0 Å². The van der Waals surface area contributed by atoms with Gasteiger partial charge in [-0.25, -0.2) is 0 Å². The predicted molar refractivity (Wildman–Crippen MR) is 89.8 cm³/mol. The van der Waals surface area contributed by atoms with Crippen LogP contribution in [0.1, 0.15) is 78.1 Å². The van der Waals surface area contributed by atoms with Crippen LogP contribution in [0.5, 0.6) is 0 Å². The molecule has 0 nitrogen and oxygen atoms in total. The van der Waals surface area contributed by atoms with Gasteiger partial charge in [0.25, 0.3) is 0 Å². The average Bonchev–Trinajstić information content (AvgIpc) is 2.49. The summed E-state index contributed by atoms with van der Waals surface area (Å²) in [6.45, 7) is 4.31. The molecule has 20 heavy (non-hydrogen) atoms. The van der Waals surface area contributed by atoms with Gasteiger partial charge in [-0.05, 0) is 88.9 Å². The zero-order valence-electron chi connectivity index (χ0n) is 13.7. The summed E-state index contributed by atoms with van der Waals surface area (Å²) in [6.07, 6.45) is 24.0. The first-order valence-corrected chi connectivity index (χ1v) is 9.07. The molecule has 0 atom stereocenters. The quantitative estimate of drug-likeness (QED) is 0.500.